The van der Waals surface area contributed by atoms with Crippen LogP contribution in [0.2, 0.25) is 5.02 Å². The van der Waals surface area contributed by atoms with Gasteiger partial charge in [-0.3, -0.25) is 9.59 Å². The Morgan fingerprint density at radius 3 is 2.58 bits per heavy atom. The van der Waals surface area contributed by atoms with Crippen molar-refractivity contribution in [2.75, 3.05) is 13.1 Å². The van der Waals surface area contributed by atoms with E-state index in [4.69, 9.17) is 11.6 Å². The van der Waals surface area contributed by atoms with Gasteiger partial charge in [0.15, 0.2) is 0 Å². The molecule has 2 N–H and O–H groups in total. The second kappa shape index (κ2) is 5.95. The molecule has 1 unspecified atom stereocenters. The third-order valence-corrected chi connectivity index (χ3v) is 3.02. The fraction of sp³-hybridized carbons (Fsp3) is 0.308. The minimum absolute atomic E-state index is 0.352. The largest absolute Gasteiger partial charge is 0.312 e. The molecule has 6 heteroatoms. The normalized spacial score (nSPS) is 19.1. The molecule has 0 aromatic heterocycles. The van der Waals surface area contributed by atoms with E-state index in [2.05, 4.69) is 15.6 Å². The number of hydrogen-bond donors (Lipinski definition) is 2. The average Bonchev–Trinajstić information content (AvgIpc) is 2.38. The van der Waals surface area contributed by atoms with Crippen molar-refractivity contribution in [1.29, 1.82) is 0 Å². The fourth-order valence-electron chi connectivity index (χ4n) is 1.83. The van der Waals surface area contributed by atoms with Crippen LogP contribution >= 0.6 is 11.6 Å². The first-order chi connectivity index (χ1) is 9.11. The molecular formula is C13H14ClN3O2. The minimum Gasteiger partial charge on any atom is -0.312 e. The Morgan fingerprint density at radius 1 is 1.32 bits per heavy atom. The third-order valence-electron chi connectivity index (χ3n) is 2.77. The molecule has 100 valence electrons. The molecular weight excluding hydrogens is 266 g/mol. The summed E-state index contributed by atoms with van der Waals surface area (Å²) in [6, 6.07) is 6.62. The van der Waals surface area contributed by atoms with Crippen LogP contribution in [0.4, 0.5) is 0 Å². The molecule has 0 fully saturated rings. The predicted octanol–water partition coefficient (Wildman–Crippen LogP) is 1.09. The van der Waals surface area contributed by atoms with Crippen LogP contribution in [0, 0.1) is 0 Å². The van der Waals surface area contributed by atoms with E-state index in [1.165, 1.54) is 0 Å². The van der Waals surface area contributed by atoms with Gasteiger partial charge in [0, 0.05) is 5.02 Å². The van der Waals surface area contributed by atoms with Crippen molar-refractivity contribution >= 4 is 29.3 Å². The van der Waals surface area contributed by atoms with Gasteiger partial charge in [0.05, 0.1) is 6.54 Å². The zero-order valence-corrected chi connectivity index (χ0v) is 11.2. The Hall–Kier alpha value is -1.72. The molecule has 1 heterocycles. The van der Waals surface area contributed by atoms with Crippen molar-refractivity contribution in [2.24, 2.45) is 4.99 Å². The van der Waals surface area contributed by atoms with Gasteiger partial charge in [0.1, 0.15) is 11.8 Å². The summed E-state index contributed by atoms with van der Waals surface area (Å²) < 4.78 is 0. The van der Waals surface area contributed by atoms with Crippen LogP contribution in [0.1, 0.15) is 18.4 Å². The Labute approximate surface area is 116 Å². The van der Waals surface area contributed by atoms with E-state index in [1.807, 2.05) is 6.92 Å². The Morgan fingerprint density at radius 2 is 2.00 bits per heavy atom. The molecule has 2 amide bonds. The number of halogens is 1. The standard InChI is InChI=1S/C13H14ClN3O2/c1-2-15-7-10-16-12(18)11(13(19)17-10)8-3-5-9(14)6-4-8/h3-6,11,15H,2,7H2,1H3,(H,16,17,18,19). The van der Waals surface area contributed by atoms with Crippen LogP contribution in [0.5, 0.6) is 0 Å². The van der Waals surface area contributed by atoms with Crippen molar-refractivity contribution in [3.63, 3.8) is 0 Å². The lowest BCUT2D eigenvalue weighted by Gasteiger charge is -2.20. The van der Waals surface area contributed by atoms with E-state index in [9.17, 15) is 9.59 Å². The van der Waals surface area contributed by atoms with Gasteiger partial charge >= 0.3 is 0 Å². The summed E-state index contributed by atoms with van der Waals surface area (Å²) in [5.41, 5.74) is 0.596. The number of carbonyl (C=O) groups excluding carboxylic acids is 2. The number of likely N-dealkylation sites (N-methyl/N-ethyl adjacent to an activating group) is 1. The highest BCUT2D eigenvalue weighted by atomic mass is 35.5. The zero-order chi connectivity index (χ0) is 13.8. The van der Waals surface area contributed by atoms with E-state index in [-0.39, 0.29) is 5.91 Å². The van der Waals surface area contributed by atoms with Crippen molar-refractivity contribution in [3.05, 3.63) is 34.9 Å². The van der Waals surface area contributed by atoms with Gasteiger partial charge in [-0.1, -0.05) is 30.7 Å². The Kier molecular flexibility index (Phi) is 4.29. The highest BCUT2D eigenvalue weighted by molar-refractivity contribution is 6.30. The van der Waals surface area contributed by atoms with Crippen LogP contribution in [-0.4, -0.2) is 30.7 Å². The molecule has 0 spiro atoms. The van der Waals surface area contributed by atoms with Gasteiger partial charge in [-0.15, -0.1) is 0 Å². The molecule has 1 aromatic rings. The smallest absolute Gasteiger partial charge is 0.264 e. The van der Waals surface area contributed by atoms with Gasteiger partial charge in [0.2, 0.25) is 5.91 Å². The van der Waals surface area contributed by atoms with E-state index < -0.39 is 11.8 Å². The van der Waals surface area contributed by atoms with Crippen LogP contribution in [0.3, 0.4) is 0 Å². The van der Waals surface area contributed by atoms with Gasteiger partial charge < -0.3 is 10.6 Å². The lowest BCUT2D eigenvalue weighted by Crippen LogP contribution is -2.46. The molecule has 0 bridgehead atoms. The lowest BCUT2D eigenvalue weighted by atomic mass is 9.96. The number of aliphatic imine (C=N–C) groups is 1. The second-order valence-corrected chi connectivity index (χ2v) is 4.59. The maximum absolute atomic E-state index is 12.0. The van der Waals surface area contributed by atoms with Crippen LogP contribution < -0.4 is 10.6 Å². The van der Waals surface area contributed by atoms with Crippen molar-refractivity contribution < 1.29 is 9.59 Å². The van der Waals surface area contributed by atoms with E-state index in [1.54, 1.807) is 24.3 Å². The maximum atomic E-state index is 12.0. The highest BCUT2D eigenvalue weighted by Gasteiger charge is 2.32. The molecule has 1 aliphatic rings. The number of carbonyl (C=O) groups is 2. The molecule has 0 radical (unpaired) electrons. The molecule has 1 aromatic carbocycles. The van der Waals surface area contributed by atoms with Crippen molar-refractivity contribution in [3.8, 4) is 0 Å². The highest BCUT2D eigenvalue weighted by Crippen LogP contribution is 2.22. The van der Waals surface area contributed by atoms with E-state index >= 15 is 0 Å². The quantitative estimate of drug-likeness (QED) is 0.811. The molecule has 19 heavy (non-hydrogen) atoms. The number of nitrogens with zero attached hydrogens (tertiary/aromatic N) is 1. The van der Waals surface area contributed by atoms with Crippen LogP contribution in [0.15, 0.2) is 29.3 Å². The summed E-state index contributed by atoms with van der Waals surface area (Å²) in [6.45, 7) is 3.05. The summed E-state index contributed by atoms with van der Waals surface area (Å²) in [5, 5.41) is 6.20. The molecule has 2 rings (SSSR count). The van der Waals surface area contributed by atoms with Crippen molar-refractivity contribution in [1.82, 2.24) is 10.6 Å². The predicted molar refractivity (Wildman–Crippen MR) is 73.3 cm³/mol. The number of rotatable bonds is 4. The minimum atomic E-state index is -0.886. The number of hydrogen-bond acceptors (Lipinski definition) is 3. The first-order valence-electron chi connectivity index (χ1n) is 6.00. The molecule has 0 saturated carbocycles. The summed E-state index contributed by atoms with van der Waals surface area (Å²) in [5.74, 6) is -1.32. The van der Waals surface area contributed by atoms with Crippen LogP contribution in [-0.2, 0) is 9.59 Å². The number of nitrogens with one attached hydrogen (secondary N) is 2. The van der Waals surface area contributed by atoms with Gasteiger partial charge in [0.25, 0.3) is 5.91 Å². The van der Waals surface area contributed by atoms with Gasteiger partial charge in [-0.25, -0.2) is 0 Å². The summed E-state index contributed by atoms with van der Waals surface area (Å²) >= 11 is 5.78. The Bertz CT molecular complexity index is 525. The maximum Gasteiger partial charge on any atom is 0.264 e. The second-order valence-electron chi connectivity index (χ2n) is 4.15. The lowest BCUT2D eigenvalue weighted by molar-refractivity contribution is -0.129. The third kappa shape index (κ3) is 3.19. The molecule has 1 atom stereocenters. The van der Waals surface area contributed by atoms with E-state index in [0.717, 1.165) is 6.54 Å². The topological polar surface area (TPSA) is 70.6 Å². The fourth-order valence-corrected chi connectivity index (χ4v) is 1.95. The van der Waals surface area contributed by atoms with Gasteiger partial charge in [-0.05, 0) is 24.2 Å². The van der Waals surface area contributed by atoms with Crippen LogP contribution in [0.25, 0.3) is 0 Å². The number of amidine groups is 1. The van der Waals surface area contributed by atoms with Crippen molar-refractivity contribution in [2.45, 2.75) is 12.8 Å². The number of benzene rings is 1. The molecule has 1 aliphatic heterocycles. The zero-order valence-electron chi connectivity index (χ0n) is 10.4. The SMILES string of the molecule is CCNCC1=NC(=O)C(c2ccc(Cl)cc2)C(=O)N1. The summed E-state index contributed by atoms with van der Waals surface area (Å²) in [4.78, 5) is 27.8. The van der Waals surface area contributed by atoms with E-state index in [0.29, 0.717) is 23.0 Å². The molecule has 0 saturated heterocycles. The monoisotopic (exact) mass is 279 g/mol. The average molecular weight is 280 g/mol. The Balaban J connectivity index is 2.20. The first-order valence-corrected chi connectivity index (χ1v) is 6.38. The molecule has 5 nitrogen and oxygen atoms in total. The first kappa shape index (κ1) is 13.7. The molecule has 0 aliphatic carbocycles. The number of amides is 2. The van der Waals surface area contributed by atoms with Gasteiger partial charge in [-0.2, -0.15) is 4.99 Å². The summed E-state index contributed by atoms with van der Waals surface area (Å²) in [7, 11) is 0. The summed E-state index contributed by atoms with van der Waals surface area (Å²) in [6.07, 6.45) is 0.